The first-order chi connectivity index (χ1) is 12.6. The normalized spacial score (nSPS) is 16.6. The number of methoxy groups -OCH3 is 1. The number of amides is 1. The second-order valence-electron chi connectivity index (χ2n) is 6.62. The molecule has 0 fully saturated rings. The Balaban J connectivity index is 1.67. The minimum Gasteiger partial charge on any atom is -0.468 e. The maximum absolute atomic E-state index is 12.5. The van der Waals surface area contributed by atoms with Crippen LogP contribution in [0.1, 0.15) is 22.3 Å². The molecule has 26 heavy (non-hydrogen) atoms. The molecule has 3 rings (SSSR count). The monoisotopic (exact) mass is 352 g/mol. The van der Waals surface area contributed by atoms with Crippen LogP contribution in [0.5, 0.6) is 0 Å². The molecule has 5 heteroatoms. The van der Waals surface area contributed by atoms with Gasteiger partial charge in [0, 0.05) is 13.1 Å². The quantitative estimate of drug-likeness (QED) is 0.839. The predicted molar refractivity (Wildman–Crippen MR) is 99.4 cm³/mol. The fourth-order valence-corrected chi connectivity index (χ4v) is 3.35. The number of hydrogen-bond donors (Lipinski definition) is 1. The standard InChI is InChI=1S/C21H24N2O3/c1-15-7-3-4-9-17(15)12-22-20(24)14-23-13-18-10-6-5-8-16(18)11-19(23)21(25)26-2/h3-10,19H,11-14H2,1-2H3,(H,22,24)/t19-/m0/s1. The van der Waals surface area contributed by atoms with Crippen LogP contribution in [-0.4, -0.2) is 36.5 Å². The van der Waals surface area contributed by atoms with Crippen molar-refractivity contribution >= 4 is 11.9 Å². The van der Waals surface area contributed by atoms with E-state index in [-0.39, 0.29) is 18.4 Å². The van der Waals surface area contributed by atoms with Crippen LogP contribution in [0.15, 0.2) is 48.5 Å². The van der Waals surface area contributed by atoms with E-state index >= 15 is 0 Å². The molecule has 1 amide bonds. The molecule has 2 aromatic carbocycles. The van der Waals surface area contributed by atoms with Crippen molar-refractivity contribution in [1.29, 1.82) is 0 Å². The van der Waals surface area contributed by atoms with Gasteiger partial charge in [0.05, 0.1) is 13.7 Å². The van der Waals surface area contributed by atoms with Crippen molar-refractivity contribution in [1.82, 2.24) is 10.2 Å². The van der Waals surface area contributed by atoms with Crippen molar-refractivity contribution in [2.24, 2.45) is 0 Å². The van der Waals surface area contributed by atoms with Crippen LogP contribution in [0.2, 0.25) is 0 Å². The van der Waals surface area contributed by atoms with E-state index in [1.165, 1.54) is 7.11 Å². The lowest BCUT2D eigenvalue weighted by Crippen LogP contribution is -2.49. The van der Waals surface area contributed by atoms with Crippen LogP contribution < -0.4 is 5.32 Å². The lowest BCUT2D eigenvalue weighted by molar-refractivity contribution is -0.148. The Morgan fingerprint density at radius 3 is 2.54 bits per heavy atom. The fraction of sp³-hybridized carbons (Fsp3) is 0.333. The van der Waals surface area contributed by atoms with E-state index in [1.807, 2.05) is 60.4 Å². The van der Waals surface area contributed by atoms with Crippen LogP contribution in [0.3, 0.4) is 0 Å². The van der Waals surface area contributed by atoms with E-state index in [4.69, 9.17) is 4.74 Å². The largest absolute Gasteiger partial charge is 0.468 e. The summed E-state index contributed by atoms with van der Waals surface area (Å²) >= 11 is 0. The van der Waals surface area contributed by atoms with Crippen molar-refractivity contribution in [3.63, 3.8) is 0 Å². The summed E-state index contributed by atoms with van der Waals surface area (Å²) in [6, 6.07) is 15.6. The first-order valence-corrected chi connectivity index (χ1v) is 8.78. The first kappa shape index (κ1) is 18.1. The highest BCUT2D eigenvalue weighted by Crippen LogP contribution is 2.23. The lowest BCUT2D eigenvalue weighted by Gasteiger charge is -2.34. The maximum atomic E-state index is 12.5. The molecule has 0 saturated heterocycles. The number of rotatable bonds is 5. The van der Waals surface area contributed by atoms with E-state index in [9.17, 15) is 9.59 Å². The average molecular weight is 352 g/mol. The van der Waals surface area contributed by atoms with Gasteiger partial charge in [-0.2, -0.15) is 0 Å². The lowest BCUT2D eigenvalue weighted by atomic mass is 9.94. The summed E-state index contributed by atoms with van der Waals surface area (Å²) in [7, 11) is 1.39. The molecule has 0 aliphatic carbocycles. The summed E-state index contributed by atoms with van der Waals surface area (Å²) in [4.78, 5) is 26.5. The zero-order valence-corrected chi connectivity index (χ0v) is 15.2. The number of carbonyl (C=O) groups excluding carboxylic acids is 2. The molecule has 0 spiro atoms. The van der Waals surface area contributed by atoms with Gasteiger partial charge in [0.1, 0.15) is 6.04 Å². The molecule has 136 valence electrons. The van der Waals surface area contributed by atoms with Gasteiger partial charge in [-0.25, -0.2) is 0 Å². The minimum atomic E-state index is -0.431. The Bertz CT molecular complexity index is 803. The summed E-state index contributed by atoms with van der Waals surface area (Å²) < 4.78 is 4.95. The third-order valence-corrected chi connectivity index (χ3v) is 4.90. The van der Waals surface area contributed by atoms with Crippen LogP contribution in [-0.2, 0) is 33.8 Å². The Kier molecular flexibility index (Phi) is 5.68. The fourth-order valence-electron chi connectivity index (χ4n) is 3.35. The Hall–Kier alpha value is -2.66. The van der Waals surface area contributed by atoms with E-state index < -0.39 is 6.04 Å². The number of carbonyl (C=O) groups is 2. The second-order valence-corrected chi connectivity index (χ2v) is 6.62. The van der Waals surface area contributed by atoms with E-state index in [0.29, 0.717) is 19.5 Å². The van der Waals surface area contributed by atoms with E-state index in [1.54, 1.807) is 0 Å². The van der Waals surface area contributed by atoms with Crippen LogP contribution in [0.25, 0.3) is 0 Å². The van der Waals surface area contributed by atoms with Gasteiger partial charge in [-0.1, -0.05) is 48.5 Å². The number of aryl methyl sites for hydroxylation is 1. The number of benzene rings is 2. The summed E-state index contributed by atoms with van der Waals surface area (Å²) in [5.41, 5.74) is 4.53. The van der Waals surface area contributed by atoms with Crippen molar-refractivity contribution < 1.29 is 14.3 Å². The van der Waals surface area contributed by atoms with Crippen molar-refractivity contribution in [3.8, 4) is 0 Å². The highest BCUT2D eigenvalue weighted by Gasteiger charge is 2.33. The van der Waals surface area contributed by atoms with E-state index in [0.717, 1.165) is 22.3 Å². The summed E-state index contributed by atoms with van der Waals surface area (Å²) in [6.45, 7) is 3.24. The van der Waals surface area contributed by atoms with Crippen LogP contribution in [0, 0.1) is 6.92 Å². The molecule has 1 N–H and O–H groups in total. The molecule has 1 aliphatic heterocycles. The summed E-state index contributed by atoms with van der Waals surface area (Å²) in [6.07, 6.45) is 0.563. The molecule has 2 aromatic rings. The van der Waals surface area contributed by atoms with Gasteiger partial charge >= 0.3 is 5.97 Å². The Labute approximate surface area is 154 Å². The van der Waals surface area contributed by atoms with E-state index in [2.05, 4.69) is 5.32 Å². The number of fused-ring (bicyclic) bond motifs is 1. The highest BCUT2D eigenvalue weighted by molar-refractivity contribution is 5.81. The molecule has 0 saturated carbocycles. The predicted octanol–water partition coefficient (Wildman–Crippen LogP) is 2.21. The molecule has 0 aromatic heterocycles. The third-order valence-electron chi connectivity index (χ3n) is 4.90. The maximum Gasteiger partial charge on any atom is 0.323 e. The van der Waals surface area contributed by atoms with Crippen LogP contribution >= 0.6 is 0 Å². The van der Waals surface area contributed by atoms with Gasteiger partial charge in [-0.15, -0.1) is 0 Å². The number of hydrogen-bond acceptors (Lipinski definition) is 4. The topological polar surface area (TPSA) is 58.6 Å². The summed E-state index contributed by atoms with van der Waals surface area (Å²) in [5.74, 6) is -0.396. The number of esters is 1. The molecule has 1 atom stereocenters. The second kappa shape index (κ2) is 8.15. The molecular formula is C21H24N2O3. The Morgan fingerprint density at radius 2 is 1.81 bits per heavy atom. The van der Waals surface area contributed by atoms with Crippen molar-refractivity contribution in [2.75, 3.05) is 13.7 Å². The third kappa shape index (κ3) is 4.11. The molecule has 0 bridgehead atoms. The molecule has 1 heterocycles. The smallest absolute Gasteiger partial charge is 0.323 e. The van der Waals surface area contributed by atoms with Gasteiger partial charge in [0.15, 0.2) is 0 Å². The zero-order valence-electron chi connectivity index (χ0n) is 15.2. The number of ether oxygens (including phenoxy) is 1. The molecule has 0 unspecified atom stereocenters. The van der Waals surface area contributed by atoms with Gasteiger partial charge in [0.2, 0.25) is 5.91 Å². The zero-order chi connectivity index (χ0) is 18.5. The number of nitrogens with one attached hydrogen (secondary N) is 1. The van der Waals surface area contributed by atoms with Gasteiger partial charge in [0.25, 0.3) is 0 Å². The van der Waals surface area contributed by atoms with Gasteiger partial charge in [-0.3, -0.25) is 14.5 Å². The molecule has 1 aliphatic rings. The van der Waals surface area contributed by atoms with Crippen molar-refractivity contribution in [3.05, 3.63) is 70.8 Å². The number of nitrogens with zero attached hydrogens (tertiary/aromatic N) is 1. The molecule has 5 nitrogen and oxygen atoms in total. The molecule has 0 radical (unpaired) electrons. The van der Waals surface area contributed by atoms with Gasteiger partial charge in [-0.05, 0) is 35.6 Å². The SMILES string of the molecule is COC(=O)[C@@H]1Cc2ccccc2CN1CC(=O)NCc1ccccc1C. The van der Waals surface area contributed by atoms with Crippen LogP contribution in [0.4, 0.5) is 0 Å². The van der Waals surface area contributed by atoms with Gasteiger partial charge < -0.3 is 10.1 Å². The average Bonchev–Trinajstić information content (AvgIpc) is 2.66. The minimum absolute atomic E-state index is 0.0958. The molecular weight excluding hydrogens is 328 g/mol. The first-order valence-electron chi connectivity index (χ1n) is 8.78. The highest BCUT2D eigenvalue weighted by atomic mass is 16.5. The Morgan fingerprint density at radius 1 is 1.12 bits per heavy atom. The summed E-state index contributed by atoms with van der Waals surface area (Å²) in [5, 5.41) is 2.96. The van der Waals surface area contributed by atoms with Crippen molar-refractivity contribution in [2.45, 2.75) is 32.5 Å².